The van der Waals surface area contributed by atoms with Crippen molar-refractivity contribution in [2.24, 2.45) is 0 Å². The molecule has 0 atom stereocenters. The normalized spacial score (nSPS) is 11.0. The van der Waals surface area contributed by atoms with Gasteiger partial charge in [-0.15, -0.1) is 0 Å². The number of amides is 1. The van der Waals surface area contributed by atoms with Gasteiger partial charge in [0.2, 0.25) is 5.91 Å². The van der Waals surface area contributed by atoms with Crippen molar-refractivity contribution in [3.8, 4) is 0 Å². The molecule has 3 rings (SSSR count). The molecule has 21 heavy (non-hydrogen) atoms. The number of benzene rings is 1. The van der Waals surface area contributed by atoms with Crippen molar-refractivity contribution in [2.75, 3.05) is 5.32 Å². The van der Waals surface area contributed by atoms with Gasteiger partial charge >= 0.3 is 0 Å². The molecule has 0 saturated heterocycles. The summed E-state index contributed by atoms with van der Waals surface area (Å²) in [7, 11) is 0. The van der Waals surface area contributed by atoms with Crippen LogP contribution in [0.25, 0.3) is 11.0 Å². The zero-order chi connectivity index (χ0) is 15.0. The third-order valence-corrected chi connectivity index (χ3v) is 3.54. The third-order valence-electron chi connectivity index (χ3n) is 3.54. The minimum atomic E-state index is -0.0890. The highest BCUT2D eigenvalue weighted by molar-refractivity contribution is 5.92. The minimum absolute atomic E-state index is 0.0890. The van der Waals surface area contributed by atoms with Crippen molar-refractivity contribution in [1.82, 2.24) is 19.7 Å². The van der Waals surface area contributed by atoms with E-state index in [-0.39, 0.29) is 12.5 Å². The van der Waals surface area contributed by atoms with Crippen LogP contribution in [0.3, 0.4) is 0 Å². The molecule has 0 unspecified atom stereocenters. The molecule has 0 spiro atoms. The van der Waals surface area contributed by atoms with E-state index in [4.69, 9.17) is 0 Å². The summed E-state index contributed by atoms with van der Waals surface area (Å²) in [5.74, 6) is 0.737. The Balaban J connectivity index is 1.85. The summed E-state index contributed by atoms with van der Waals surface area (Å²) in [4.78, 5) is 16.7. The van der Waals surface area contributed by atoms with Crippen LogP contribution in [0, 0.1) is 20.8 Å². The van der Waals surface area contributed by atoms with Gasteiger partial charge in [0, 0.05) is 0 Å². The lowest BCUT2D eigenvalue weighted by Gasteiger charge is -2.08. The molecular weight excluding hydrogens is 266 g/mol. The maximum Gasteiger partial charge on any atom is 0.244 e. The molecule has 0 saturated carbocycles. The van der Waals surface area contributed by atoms with Crippen molar-refractivity contribution in [3.05, 3.63) is 41.5 Å². The number of aromatic amines is 1. The number of carbonyl (C=O) groups excluding carboxylic acids is 1. The Bertz CT molecular complexity index is 795. The molecule has 0 fully saturated rings. The first-order chi connectivity index (χ1) is 10.1. The van der Waals surface area contributed by atoms with Gasteiger partial charge < -0.3 is 9.88 Å². The van der Waals surface area contributed by atoms with E-state index in [0.29, 0.717) is 0 Å². The SMILES string of the molecule is Cc1n[nH]c(C)c1NC(=O)Cn1c(C)nc2ccccc21. The number of nitrogens with zero attached hydrogens (tertiary/aromatic N) is 3. The second-order valence-electron chi connectivity index (χ2n) is 5.09. The van der Waals surface area contributed by atoms with Gasteiger partial charge in [-0.3, -0.25) is 9.89 Å². The Morgan fingerprint density at radius 1 is 1.29 bits per heavy atom. The van der Waals surface area contributed by atoms with E-state index in [9.17, 15) is 4.79 Å². The van der Waals surface area contributed by atoms with Gasteiger partial charge in [-0.1, -0.05) is 12.1 Å². The van der Waals surface area contributed by atoms with Crippen molar-refractivity contribution in [2.45, 2.75) is 27.3 Å². The molecular formula is C15H17N5O. The number of aryl methyl sites for hydroxylation is 3. The van der Waals surface area contributed by atoms with Crippen LogP contribution >= 0.6 is 0 Å². The number of rotatable bonds is 3. The quantitative estimate of drug-likeness (QED) is 0.774. The summed E-state index contributed by atoms with van der Waals surface area (Å²) in [6, 6.07) is 7.80. The van der Waals surface area contributed by atoms with Gasteiger partial charge in [0.05, 0.1) is 28.1 Å². The Morgan fingerprint density at radius 2 is 2.05 bits per heavy atom. The highest BCUT2D eigenvalue weighted by Gasteiger charge is 2.13. The fourth-order valence-corrected chi connectivity index (χ4v) is 2.45. The van der Waals surface area contributed by atoms with Crippen LogP contribution in [-0.2, 0) is 11.3 Å². The largest absolute Gasteiger partial charge is 0.321 e. The average molecular weight is 283 g/mol. The molecule has 1 amide bonds. The molecule has 2 heterocycles. The standard InChI is InChI=1S/C15H17N5O/c1-9-15(10(2)19-18-9)17-14(21)8-20-11(3)16-12-6-4-5-7-13(12)20/h4-7H,8H2,1-3H3,(H,17,21)(H,18,19). The lowest BCUT2D eigenvalue weighted by molar-refractivity contribution is -0.116. The van der Waals surface area contributed by atoms with Crippen LogP contribution in [0.4, 0.5) is 5.69 Å². The monoisotopic (exact) mass is 283 g/mol. The van der Waals surface area contributed by atoms with E-state index in [1.165, 1.54) is 0 Å². The van der Waals surface area contributed by atoms with E-state index in [1.54, 1.807) is 0 Å². The second-order valence-corrected chi connectivity index (χ2v) is 5.09. The molecule has 6 nitrogen and oxygen atoms in total. The number of hydrogen-bond acceptors (Lipinski definition) is 3. The molecule has 2 aromatic heterocycles. The maximum absolute atomic E-state index is 12.3. The van der Waals surface area contributed by atoms with Gasteiger partial charge in [-0.2, -0.15) is 5.10 Å². The summed E-state index contributed by atoms with van der Waals surface area (Å²) >= 11 is 0. The van der Waals surface area contributed by atoms with Crippen molar-refractivity contribution < 1.29 is 4.79 Å². The molecule has 0 radical (unpaired) electrons. The zero-order valence-corrected chi connectivity index (χ0v) is 12.3. The molecule has 1 aromatic carbocycles. The number of H-pyrrole nitrogens is 1. The number of fused-ring (bicyclic) bond motifs is 1. The van der Waals surface area contributed by atoms with Crippen molar-refractivity contribution >= 4 is 22.6 Å². The van der Waals surface area contributed by atoms with Crippen LogP contribution in [0.5, 0.6) is 0 Å². The van der Waals surface area contributed by atoms with Crippen LogP contribution in [0.2, 0.25) is 0 Å². The number of carbonyl (C=O) groups is 1. The van der Waals surface area contributed by atoms with E-state index >= 15 is 0 Å². The van der Waals surface area contributed by atoms with E-state index in [0.717, 1.165) is 33.9 Å². The molecule has 0 aliphatic carbocycles. The smallest absolute Gasteiger partial charge is 0.244 e. The first-order valence-corrected chi connectivity index (χ1v) is 6.79. The van der Waals surface area contributed by atoms with E-state index in [2.05, 4.69) is 20.5 Å². The van der Waals surface area contributed by atoms with Gasteiger partial charge in [-0.05, 0) is 32.9 Å². The molecule has 6 heteroatoms. The van der Waals surface area contributed by atoms with E-state index < -0.39 is 0 Å². The number of aromatic nitrogens is 4. The van der Waals surface area contributed by atoms with E-state index in [1.807, 2.05) is 49.6 Å². The fourth-order valence-electron chi connectivity index (χ4n) is 2.45. The molecule has 3 aromatic rings. The second kappa shape index (κ2) is 5.05. The summed E-state index contributed by atoms with van der Waals surface area (Å²) in [5, 5.41) is 9.84. The van der Waals surface area contributed by atoms with Crippen LogP contribution < -0.4 is 5.32 Å². The van der Waals surface area contributed by atoms with Gasteiger partial charge in [0.25, 0.3) is 0 Å². The molecule has 108 valence electrons. The van der Waals surface area contributed by atoms with Crippen LogP contribution in [-0.4, -0.2) is 25.7 Å². The minimum Gasteiger partial charge on any atom is -0.321 e. The summed E-state index contributed by atoms with van der Waals surface area (Å²) < 4.78 is 1.91. The summed E-state index contributed by atoms with van der Waals surface area (Å²) in [6.45, 7) is 5.88. The lowest BCUT2D eigenvalue weighted by Crippen LogP contribution is -2.20. The summed E-state index contributed by atoms with van der Waals surface area (Å²) in [6.07, 6.45) is 0. The highest BCUT2D eigenvalue weighted by Crippen LogP contribution is 2.18. The lowest BCUT2D eigenvalue weighted by atomic mass is 10.3. The number of imidazole rings is 1. The first kappa shape index (κ1) is 13.4. The molecule has 0 aliphatic heterocycles. The summed E-state index contributed by atoms with van der Waals surface area (Å²) in [5.41, 5.74) is 4.26. The Labute approximate surface area is 122 Å². The number of nitrogens with one attached hydrogen (secondary N) is 2. The first-order valence-electron chi connectivity index (χ1n) is 6.79. The zero-order valence-electron chi connectivity index (χ0n) is 12.3. The Hall–Kier alpha value is -2.63. The van der Waals surface area contributed by atoms with Gasteiger partial charge in [0.1, 0.15) is 12.4 Å². The van der Waals surface area contributed by atoms with Gasteiger partial charge in [-0.25, -0.2) is 4.98 Å². The highest BCUT2D eigenvalue weighted by atomic mass is 16.2. The third kappa shape index (κ3) is 2.40. The Morgan fingerprint density at radius 3 is 2.76 bits per heavy atom. The van der Waals surface area contributed by atoms with Crippen LogP contribution in [0.15, 0.2) is 24.3 Å². The number of hydrogen-bond donors (Lipinski definition) is 2. The molecule has 0 aliphatic rings. The predicted molar refractivity (Wildman–Crippen MR) is 81.2 cm³/mol. The maximum atomic E-state index is 12.3. The van der Waals surface area contributed by atoms with Crippen molar-refractivity contribution in [3.63, 3.8) is 0 Å². The van der Waals surface area contributed by atoms with Gasteiger partial charge in [0.15, 0.2) is 0 Å². The fraction of sp³-hybridized carbons (Fsp3) is 0.267. The number of anilines is 1. The average Bonchev–Trinajstić information content (AvgIpc) is 2.93. The number of para-hydroxylation sites is 2. The topological polar surface area (TPSA) is 75.6 Å². The predicted octanol–water partition coefficient (Wildman–Crippen LogP) is 2.32. The molecule has 2 N–H and O–H groups in total. The Kier molecular flexibility index (Phi) is 3.21. The molecule has 0 bridgehead atoms. The van der Waals surface area contributed by atoms with Crippen molar-refractivity contribution in [1.29, 1.82) is 0 Å². The van der Waals surface area contributed by atoms with Crippen LogP contribution in [0.1, 0.15) is 17.2 Å².